The van der Waals surface area contributed by atoms with Crippen LogP contribution < -0.4 is 0 Å². The summed E-state index contributed by atoms with van der Waals surface area (Å²) in [7, 11) is -2.53. The number of rotatable bonds is 13. The van der Waals surface area contributed by atoms with E-state index in [1.54, 1.807) is 0 Å². The molecule has 19 heavy (non-hydrogen) atoms. The molecular weight excluding hydrogens is 262 g/mol. The average molecular weight is 293 g/mol. The van der Waals surface area contributed by atoms with Crippen molar-refractivity contribution in [3.63, 3.8) is 0 Å². The van der Waals surface area contributed by atoms with Crippen molar-refractivity contribution in [1.82, 2.24) is 4.90 Å². The number of ether oxygens (including phenoxy) is 1. The summed E-state index contributed by atoms with van der Waals surface area (Å²) in [5, 5.41) is 0. The van der Waals surface area contributed by atoms with Crippen LogP contribution in [0.2, 0.25) is 6.04 Å². The molecule has 0 spiro atoms. The molecule has 5 nitrogen and oxygen atoms in total. The first kappa shape index (κ1) is 19.0. The van der Waals surface area contributed by atoms with Gasteiger partial charge < -0.3 is 18.0 Å². The van der Waals surface area contributed by atoms with Gasteiger partial charge >= 0.3 is 8.80 Å². The lowest BCUT2D eigenvalue weighted by Crippen LogP contribution is -2.47. The van der Waals surface area contributed by atoms with E-state index in [1.165, 1.54) is 0 Å². The lowest BCUT2D eigenvalue weighted by molar-refractivity contribution is 0.0236. The van der Waals surface area contributed by atoms with Crippen molar-refractivity contribution in [3.05, 3.63) is 0 Å². The molecule has 0 fully saturated rings. The van der Waals surface area contributed by atoms with Crippen LogP contribution in [0.15, 0.2) is 0 Å². The summed E-state index contributed by atoms with van der Waals surface area (Å²) >= 11 is 0. The molecule has 0 aliphatic rings. The monoisotopic (exact) mass is 293 g/mol. The third-order valence-electron chi connectivity index (χ3n) is 2.81. The third kappa shape index (κ3) is 8.01. The Morgan fingerprint density at radius 1 is 0.789 bits per heavy atom. The van der Waals surface area contributed by atoms with E-state index < -0.39 is 8.80 Å². The van der Waals surface area contributed by atoms with E-state index in [0.29, 0.717) is 39.2 Å². The molecule has 0 aliphatic carbocycles. The third-order valence-corrected chi connectivity index (χ3v) is 5.82. The second-order valence-electron chi connectivity index (χ2n) is 4.07. The van der Waals surface area contributed by atoms with Crippen LogP contribution >= 0.6 is 0 Å². The minimum absolute atomic E-state index is 0.613. The standard InChI is InChI=1S/C13H31NO4Si/c1-6-14(7-2)13-15-11-12-19(16-8-3,17-9-4)18-10-5/h6-13H2,1-5H3. The van der Waals surface area contributed by atoms with Gasteiger partial charge in [0.25, 0.3) is 0 Å². The average Bonchev–Trinajstić information content (AvgIpc) is 2.40. The summed E-state index contributed by atoms with van der Waals surface area (Å²) in [4.78, 5) is 2.23. The van der Waals surface area contributed by atoms with E-state index in [1.807, 2.05) is 20.8 Å². The summed E-state index contributed by atoms with van der Waals surface area (Å²) in [6, 6.07) is 0.712. The highest BCUT2D eigenvalue weighted by molar-refractivity contribution is 6.60. The zero-order chi connectivity index (χ0) is 14.6. The lowest BCUT2D eigenvalue weighted by atomic mass is 10.6. The van der Waals surface area contributed by atoms with Crippen LogP contribution in [-0.4, -0.2) is 60.0 Å². The van der Waals surface area contributed by atoms with E-state index >= 15 is 0 Å². The summed E-state index contributed by atoms with van der Waals surface area (Å²) in [5.74, 6) is 0. The number of nitrogens with zero attached hydrogens (tertiary/aromatic N) is 1. The highest BCUT2D eigenvalue weighted by atomic mass is 28.4. The first-order valence-electron chi connectivity index (χ1n) is 7.39. The molecule has 0 aromatic heterocycles. The van der Waals surface area contributed by atoms with E-state index in [4.69, 9.17) is 18.0 Å². The van der Waals surface area contributed by atoms with Crippen LogP contribution in [0.4, 0.5) is 0 Å². The van der Waals surface area contributed by atoms with E-state index in [0.717, 1.165) is 13.1 Å². The second-order valence-corrected chi connectivity index (χ2v) is 6.80. The molecule has 0 aromatic rings. The summed E-state index contributed by atoms with van der Waals surface area (Å²) < 4.78 is 23.0. The van der Waals surface area contributed by atoms with Gasteiger partial charge in [0.1, 0.15) is 0 Å². The van der Waals surface area contributed by atoms with Crippen molar-refractivity contribution in [3.8, 4) is 0 Å². The van der Waals surface area contributed by atoms with Gasteiger partial charge in [-0.05, 0) is 33.9 Å². The van der Waals surface area contributed by atoms with Crippen LogP contribution in [0.5, 0.6) is 0 Å². The van der Waals surface area contributed by atoms with Crippen LogP contribution in [0.3, 0.4) is 0 Å². The quantitative estimate of drug-likeness (QED) is 0.296. The molecule has 0 aliphatic heterocycles. The maximum Gasteiger partial charge on any atom is 0.503 e. The van der Waals surface area contributed by atoms with Crippen molar-refractivity contribution in [2.75, 3.05) is 46.2 Å². The smallest absolute Gasteiger partial charge is 0.374 e. The van der Waals surface area contributed by atoms with Gasteiger partial charge in [0.2, 0.25) is 0 Å². The van der Waals surface area contributed by atoms with Gasteiger partial charge in [-0.1, -0.05) is 13.8 Å². The molecule has 0 unspecified atom stereocenters. The molecule has 0 atom stereocenters. The molecule has 0 saturated heterocycles. The number of hydrogen-bond acceptors (Lipinski definition) is 5. The lowest BCUT2D eigenvalue weighted by Gasteiger charge is -2.28. The topological polar surface area (TPSA) is 40.2 Å². The van der Waals surface area contributed by atoms with Gasteiger partial charge in [-0.2, -0.15) is 0 Å². The largest absolute Gasteiger partial charge is 0.503 e. The molecular formula is C13H31NO4Si. The predicted molar refractivity (Wildman–Crippen MR) is 79.2 cm³/mol. The Kier molecular flexibility index (Phi) is 11.8. The highest BCUT2D eigenvalue weighted by Crippen LogP contribution is 2.16. The molecule has 116 valence electrons. The van der Waals surface area contributed by atoms with Gasteiger partial charge in [0.05, 0.1) is 13.3 Å². The SMILES string of the molecule is CCO[Si](CCOCN(CC)CC)(OCC)OCC. The van der Waals surface area contributed by atoms with E-state index in [-0.39, 0.29) is 0 Å². The first-order chi connectivity index (χ1) is 9.17. The van der Waals surface area contributed by atoms with Gasteiger partial charge in [0.15, 0.2) is 0 Å². The summed E-state index contributed by atoms with van der Waals surface area (Å²) in [6.07, 6.45) is 0. The zero-order valence-corrected chi connectivity index (χ0v) is 14.2. The molecule has 0 heterocycles. The summed E-state index contributed by atoms with van der Waals surface area (Å²) in [6.45, 7) is 15.3. The Morgan fingerprint density at radius 3 is 1.63 bits per heavy atom. The highest BCUT2D eigenvalue weighted by Gasteiger charge is 2.39. The fourth-order valence-electron chi connectivity index (χ4n) is 1.80. The Balaban J connectivity index is 4.16. The van der Waals surface area contributed by atoms with E-state index in [9.17, 15) is 0 Å². The molecule has 0 amide bonds. The maximum absolute atomic E-state index is 5.77. The molecule has 0 radical (unpaired) electrons. The van der Waals surface area contributed by atoms with Crippen molar-refractivity contribution >= 4 is 8.80 Å². The van der Waals surface area contributed by atoms with Crippen molar-refractivity contribution < 1.29 is 18.0 Å². The molecule has 0 rings (SSSR count). The zero-order valence-electron chi connectivity index (χ0n) is 13.2. The molecule has 0 aromatic carbocycles. The van der Waals surface area contributed by atoms with Crippen molar-refractivity contribution in [1.29, 1.82) is 0 Å². The minimum Gasteiger partial charge on any atom is -0.374 e. The second kappa shape index (κ2) is 11.8. The van der Waals surface area contributed by atoms with Crippen LogP contribution in [0.25, 0.3) is 0 Å². The fraction of sp³-hybridized carbons (Fsp3) is 1.00. The molecule has 6 heteroatoms. The molecule has 0 saturated carbocycles. The van der Waals surface area contributed by atoms with Gasteiger partial charge in [0, 0.05) is 25.9 Å². The normalized spacial score (nSPS) is 12.3. The van der Waals surface area contributed by atoms with Crippen LogP contribution in [0.1, 0.15) is 34.6 Å². The first-order valence-corrected chi connectivity index (χ1v) is 9.33. The van der Waals surface area contributed by atoms with Gasteiger partial charge in [-0.3, -0.25) is 4.90 Å². The Hall–Kier alpha value is 0.0169. The van der Waals surface area contributed by atoms with Crippen molar-refractivity contribution in [2.24, 2.45) is 0 Å². The predicted octanol–water partition coefficient (Wildman–Crippen LogP) is 2.35. The molecule has 0 N–H and O–H groups in total. The van der Waals surface area contributed by atoms with Gasteiger partial charge in [-0.15, -0.1) is 0 Å². The summed E-state index contributed by atoms with van der Waals surface area (Å²) in [5.41, 5.74) is 0. The Labute approximate surface area is 119 Å². The Bertz CT molecular complexity index is 186. The van der Waals surface area contributed by atoms with Gasteiger partial charge in [-0.25, -0.2) is 0 Å². The van der Waals surface area contributed by atoms with Crippen LogP contribution in [0, 0.1) is 0 Å². The van der Waals surface area contributed by atoms with E-state index in [2.05, 4.69) is 18.7 Å². The van der Waals surface area contributed by atoms with Crippen molar-refractivity contribution in [2.45, 2.75) is 40.7 Å². The van der Waals surface area contributed by atoms with Crippen LogP contribution in [-0.2, 0) is 18.0 Å². The number of hydrogen-bond donors (Lipinski definition) is 0. The Morgan fingerprint density at radius 2 is 1.26 bits per heavy atom. The molecule has 0 bridgehead atoms. The fourth-order valence-corrected chi connectivity index (χ4v) is 4.20. The minimum atomic E-state index is -2.53. The maximum atomic E-state index is 5.77.